The average molecular weight is 245 g/mol. The van der Waals surface area contributed by atoms with E-state index in [9.17, 15) is 0 Å². The Morgan fingerprint density at radius 3 is 2.71 bits per heavy atom. The van der Waals surface area contributed by atoms with Crippen LogP contribution in [0.25, 0.3) is 0 Å². The second-order valence-corrected chi connectivity index (χ2v) is 3.82. The van der Waals surface area contributed by atoms with Crippen LogP contribution in [0.15, 0.2) is 36.4 Å². The quantitative estimate of drug-likeness (QED) is 0.815. The molecule has 2 rings (SSSR count). The van der Waals surface area contributed by atoms with Crippen molar-refractivity contribution in [2.75, 3.05) is 11.9 Å². The van der Waals surface area contributed by atoms with Crippen LogP contribution >= 0.6 is 11.6 Å². The first-order valence-electron chi connectivity index (χ1n) is 4.94. The van der Waals surface area contributed by atoms with Crippen molar-refractivity contribution in [2.24, 2.45) is 0 Å². The van der Waals surface area contributed by atoms with Gasteiger partial charge in [0.25, 0.3) is 0 Å². The Hall–Kier alpha value is -2.12. The van der Waals surface area contributed by atoms with E-state index in [1.54, 1.807) is 24.3 Å². The number of hydrogen-bond donors (Lipinski definition) is 0. The van der Waals surface area contributed by atoms with Crippen molar-refractivity contribution in [1.29, 1.82) is 5.26 Å². The molecule has 1 heterocycles. The third-order valence-electron chi connectivity index (χ3n) is 2.32. The second kappa shape index (κ2) is 4.81. The molecular formula is C12H9ClN4. The first kappa shape index (κ1) is 11.4. The summed E-state index contributed by atoms with van der Waals surface area (Å²) < 4.78 is 0. The van der Waals surface area contributed by atoms with Crippen LogP contribution in [0.4, 0.5) is 11.5 Å². The Kier molecular flexibility index (Phi) is 3.22. The van der Waals surface area contributed by atoms with Gasteiger partial charge in [0.05, 0.1) is 11.6 Å². The van der Waals surface area contributed by atoms with E-state index in [1.165, 1.54) is 0 Å². The normalized spacial score (nSPS) is 9.71. The average Bonchev–Trinajstić information content (AvgIpc) is 2.39. The maximum Gasteiger partial charge on any atom is 0.155 e. The van der Waals surface area contributed by atoms with Gasteiger partial charge in [-0.15, -0.1) is 10.2 Å². The van der Waals surface area contributed by atoms with Gasteiger partial charge in [-0.05, 0) is 30.3 Å². The summed E-state index contributed by atoms with van der Waals surface area (Å²) in [5.41, 5.74) is 1.48. The first-order chi connectivity index (χ1) is 8.20. The Morgan fingerprint density at radius 2 is 2.06 bits per heavy atom. The summed E-state index contributed by atoms with van der Waals surface area (Å²) in [6, 6.07) is 12.8. The molecule has 0 fully saturated rings. The van der Waals surface area contributed by atoms with Crippen molar-refractivity contribution < 1.29 is 0 Å². The molecule has 4 nitrogen and oxygen atoms in total. The highest BCUT2D eigenvalue weighted by atomic mass is 35.5. The molecule has 0 amide bonds. The van der Waals surface area contributed by atoms with Crippen molar-refractivity contribution in [3.63, 3.8) is 0 Å². The summed E-state index contributed by atoms with van der Waals surface area (Å²) in [5, 5.41) is 16.9. The smallest absolute Gasteiger partial charge is 0.155 e. The van der Waals surface area contributed by atoms with Crippen LogP contribution in [0.2, 0.25) is 5.15 Å². The van der Waals surface area contributed by atoms with E-state index in [1.807, 2.05) is 24.1 Å². The highest BCUT2D eigenvalue weighted by Crippen LogP contribution is 2.22. The molecule has 2 aromatic rings. The van der Waals surface area contributed by atoms with Gasteiger partial charge in [-0.25, -0.2) is 0 Å². The number of nitriles is 1. The SMILES string of the molecule is CN(c1cccc(C#N)c1)c1ccc(Cl)nn1. The standard InChI is InChI=1S/C12H9ClN4/c1-17(12-6-5-11(13)15-16-12)10-4-2-3-9(7-10)8-14/h2-7H,1H3. The number of halogens is 1. The van der Waals surface area contributed by atoms with E-state index in [0.717, 1.165) is 5.69 Å². The molecule has 84 valence electrons. The minimum Gasteiger partial charge on any atom is -0.328 e. The van der Waals surface area contributed by atoms with E-state index in [0.29, 0.717) is 16.5 Å². The maximum atomic E-state index is 8.84. The van der Waals surface area contributed by atoms with Gasteiger partial charge in [-0.2, -0.15) is 5.26 Å². The minimum atomic E-state index is 0.355. The van der Waals surface area contributed by atoms with Gasteiger partial charge in [0, 0.05) is 12.7 Å². The Morgan fingerprint density at radius 1 is 1.24 bits per heavy atom. The van der Waals surface area contributed by atoms with Gasteiger partial charge in [-0.3, -0.25) is 0 Å². The zero-order chi connectivity index (χ0) is 12.3. The van der Waals surface area contributed by atoms with Crippen molar-refractivity contribution in [2.45, 2.75) is 0 Å². The lowest BCUT2D eigenvalue weighted by molar-refractivity contribution is 0.988. The minimum absolute atomic E-state index is 0.355. The van der Waals surface area contributed by atoms with Crippen molar-refractivity contribution in [1.82, 2.24) is 10.2 Å². The van der Waals surface area contributed by atoms with Gasteiger partial charge in [0.1, 0.15) is 0 Å². The number of benzene rings is 1. The summed E-state index contributed by atoms with van der Waals surface area (Å²) in [5.74, 6) is 0.671. The van der Waals surface area contributed by atoms with Crippen LogP contribution in [0.5, 0.6) is 0 Å². The Bertz CT molecular complexity index is 559. The largest absolute Gasteiger partial charge is 0.328 e. The van der Waals surface area contributed by atoms with Gasteiger partial charge >= 0.3 is 0 Å². The predicted octanol–water partition coefficient (Wildman–Crippen LogP) is 2.77. The van der Waals surface area contributed by atoms with Crippen LogP contribution in [0.3, 0.4) is 0 Å². The third kappa shape index (κ3) is 2.52. The molecule has 5 heteroatoms. The van der Waals surface area contributed by atoms with E-state index < -0.39 is 0 Å². The van der Waals surface area contributed by atoms with E-state index in [4.69, 9.17) is 16.9 Å². The monoisotopic (exact) mass is 244 g/mol. The lowest BCUT2D eigenvalue weighted by atomic mass is 10.2. The van der Waals surface area contributed by atoms with Crippen molar-refractivity contribution >= 4 is 23.1 Å². The van der Waals surface area contributed by atoms with Crippen LogP contribution in [0.1, 0.15) is 5.56 Å². The summed E-state index contributed by atoms with van der Waals surface area (Å²) in [6.07, 6.45) is 0. The molecule has 0 aliphatic carbocycles. The fraction of sp³-hybridized carbons (Fsp3) is 0.0833. The van der Waals surface area contributed by atoms with Crippen LogP contribution in [-0.4, -0.2) is 17.2 Å². The molecule has 1 aromatic carbocycles. The highest BCUT2D eigenvalue weighted by molar-refractivity contribution is 6.29. The van der Waals surface area contributed by atoms with E-state index in [2.05, 4.69) is 16.3 Å². The molecule has 0 saturated heterocycles. The Labute approximate surface area is 104 Å². The van der Waals surface area contributed by atoms with Crippen LogP contribution in [-0.2, 0) is 0 Å². The number of nitrogens with zero attached hydrogens (tertiary/aromatic N) is 4. The Balaban J connectivity index is 2.33. The number of rotatable bonds is 2. The molecule has 0 N–H and O–H groups in total. The van der Waals surface area contributed by atoms with E-state index >= 15 is 0 Å². The number of aromatic nitrogens is 2. The predicted molar refractivity (Wildman–Crippen MR) is 66.3 cm³/mol. The fourth-order valence-corrected chi connectivity index (χ4v) is 1.50. The lowest BCUT2D eigenvalue weighted by Crippen LogP contribution is -2.11. The van der Waals surface area contributed by atoms with Gasteiger partial charge in [0.2, 0.25) is 0 Å². The molecule has 1 aromatic heterocycles. The fourth-order valence-electron chi connectivity index (χ4n) is 1.40. The lowest BCUT2D eigenvalue weighted by Gasteiger charge is -2.17. The molecule has 0 bridgehead atoms. The highest BCUT2D eigenvalue weighted by Gasteiger charge is 2.06. The van der Waals surface area contributed by atoms with Gasteiger partial charge in [-0.1, -0.05) is 17.7 Å². The molecule has 0 unspecified atom stereocenters. The van der Waals surface area contributed by atoms with Gasteiger partial charge < -0.3 is 4.90 Å². The molecule has 0 aliphatic rings. The van der Waals surface area contributed by atoms with Crippen LogP contribution in [0, 0.1) is 11.3 Å². The topological polar surface area (TPSA) is 52.8 Å². The molecule has 0 atom stereocenters. The summed E-state index contributed by atoms with van der Waals surface area (Å²) in [7, 11) is 1.86. The second-order valence-electron chi connectivity index (χ2n) is 3.44. The molecular weight excluding hydrogens is 236 g/mol. The number of hydrogen-bond acceptors (Lipinski definition) is 4. The summed E-state index contributed by atoms with van der Waals surface area (Å²) >= 11 is 5.67. The zero-order valence-corrected chi connectivity index (χ0v) is 9.89. The third-order valence-corrected chi connectivity index (χ3v) is 2.53. The first-order valence-corrected chi connectivity index (χ1v) is 5.31. The molecule has 0 radical (unpaired) electrons. The summed E-state index contributed by atoms with van der Waals surface area (Å²) in [6.45, 7) is 0. The molecule has 0 saturated carbocycles. The van der Waals surface area contributed by atoms with Crippen molar-refractivity contribution in [3.8, 4) is 6.07 Å². The van der Waals surface area contributed by atoms with E-state index in [-0.39, 0.29) is 0 Å². The van der Waals surface area contributed by atoms with Crippen LogP contribution < -0.4 is 4.90 Å². The van der Waals surface area contributed by atoms with Crippen molar-refractivity contribution in [3.05, 3.63) is 47.1 Å². The van der Waals surface area contributed by atoms with Gasteiger partial charge in [0.15, 0.2) is 11.0 Å². The molecule has 0 aliphatic heterocycles. The molecule has 17 heavy (non-hydrogen) atoms. The maximum absolute atomic E-state index is 8.84. The number of anilines is 2. The molecule has 0 spiro atoms. The zero-order valence-electron chi connectivity index (χ0n) is 9.13. The summed E-state index contributed by atoms with van der Waals surface area (Å²) in [4.78, 5) is 1.84.